The van der Waals surface area contributed by atoms with Crippen LogP contribution in [0.3, 0.4) is 0 Å². The van der Waals surface area contributed by atoms with Crippen LogP contribution in [0, 0.1) is 35.5 Å². The molecule has 1 aliphatic carbocycles. The number of fused-ring (bicyclic) bond motifs is 2. The third-order valence-corrected chi connectivity index (χ3v) is 12.1. The summed E-state index contributed by atoms with van der Waals surface area (Å²) >= 11 is 0. The standard InChI is InChI=1S/C40H70O5.C2H4/c1-8-9-11-27(4)37(42)19-14-31-22-28(5)30(7)33(24-31)25-38-32(20-21-43-38)12-10-13-34(41)15-16-35-17-18-36-23-29(6)40(45-36)39(44-35)26(2)3;1-2/h26,28-29,31-42H,4,7-25H2,1-3,5-6H3;1-2H2/t28?,29?,31?,32?,33?,34?,35?,36?,37?,38-,39?,40?;/m0./s1. The molecule has 4 rings (SSSR count). The molecular formula is C42H74O5. The van der Waals surface area contributed by atoms with Gasteiger partial charge in [-0.1, -0.05) is 66.2 Å². The average molecular weight is 659 g/mol. The van der Waals surface area contributed by atoms with Gasteiger partial charge in [-0.3, -0.25) is 0 Å². The van der Waals surface area contributed by atoms with Crippen molar-refractivity contribution in [3.63, 3.8) is 0 Å². The lowest BCUT2D eigenvalue weighted by Crippen LogP contribution is -2.41. The monoisotopic (exact) mass is 659 g/mol. The maximum atomic E-state index is 11.0. The highest BCUT2D eigenvalue weighted by Crippen LogP contribution is 2.44. The summed E-state index contributed by atoms with van der Waals surface area (Å²) < 4.78 is 19.4. The highest BCUT2D eigenvalue weighted by Gasteiger charge is 2.42. The van der Waals surface area contributed by atoms with Crippen molar-refractivity contribution in [3.05, 3.63) is 37.5 Å². The molecule has 5 nitrogen and oxygen atoms in total. The second-order valence-corrected chi connectivity index (χ2v) is 16.2. The van der Waals surface area contributed by atoms with Gasteiger partial charge < -0.3 is 24.4 Å². The van der Waals surface area contributed by atoms with E-state index in [9.17, 15) is 10.2 Å². The summed E-state index contributed by atoms with van der Waals surface area (Å²) in [6.07, 6.45) is 18.5. The largest absolute Gasteiger partial charge is 0.393 e. The van der Waals surface area contributed by atoms with Gasteiger partial charge >= 0.3 is 0 Å². The first-order valence-corrected chi connectivity index (χ1v) is 19.7. The Labute approximate surface area is 290 Å². The fraction of sp³-hybridized carbons (Fsp3) is 0.857. The van der Waals surface area contributed by atoms with E-state index in [2.05, 4.69) is 60.9 Å². The maximum absolute atomic E-state index is 11.0. The van der Waals surface area contributed by atoms with E-state index in [4.69, 9.17) is 14.2 Å². The second kappa shape index (κ2) is 20.6. The van der Waals surface area contributed by atoms with E-state index in [-0.39, 0.29) is 30.5 Å². The molecule has 4 aliphatic rings. The topological polar surface area (TPSA) is 68.2 Å². The normalized spacial score (nSPS) is 35.5. The van der Waals surface area contributed by atoms with E-state index in [1.807, 2.05) is 0 Å². The zero-order valence-electron chi connectivity index (χ0n) is 31.2. The molecule has 0 aromatic rings. The van der Waals surface area contributed by atoms with Crippen molar-refractivity contribution < 1.29 is 24.4 Å². The van der Waals surface area contributed by atoms with Crippen molar-refractivity contribution >= 4 is 0 Å². The fourth-order valence-corrected chi connectivity index (χ4v) is 9.09. The molecule has 5 heteroatoms. The van der Waals surface area contributed by atoms with Gasteiger partial charge in [0.05, 0.1) is 42.7 Å². The highest BCUT2D eigenvalue weighted by atomic mass is 16.6. The summed E-state index contributed by atoms with van der Waals surface area (Å²) in [6, 6.07) is 0. The number of unbranched alkanes of at least 4 members (excludes halogenated alkanes) is 1. The SMILES string of the molecule is C=C.C=C(CCCC)C(O)CCC1CC(C)C(=C)C(C[C@@H]2OCCC2CCCC(O)CCC2CCC3CC(C)C(O3)C(C(C)C)O2)C1. The number of allylic oxidation sites excluding steroid dienone is 1. The Hall–Kier alpha value is -0.980. The number of ether oxygens (including phenoxy) is 3. The van der Waals surface area contributed by atoms with Gasteiger partial charge in [0, 0.05) is 6.61 Å². The minimum atomic E-state index is -0.358. The van der Waals surface area contributed by atoms with Crippen LogP contribution in [0.25, 0.3) is 0 Å². The third-order valence-electron chi connectivity index (χ3n) is 12.1. The van der Waals surface area contributed by atoms with Crippen molar-refractivity contribution in [2.75, 3.05) is 6.61 Å². The van der Waals surface area contributed by atoms with Crippen LogP contribution in [0.1, 0.15) is 144 Å². The zero-order chi connectivity index (χ0) is 34.5. The number of hydrogen-bond acceptors (Lipinski definition) is 5. The van der Waals surface area contributed by atoms with Crippen molar-refractivity contribution in [3.8, 4) is 0 Å². The molecule has 2 N–H and O–H groups in total. The van der Waals surface area contributed by atoms with Gasteiger partial charge in [0.2, 0.25) is 0 Å². The van der Waals surface area contributed by atoms with Crippen LogP contribution >= 0.6 is 0 Å². The summed E-state index contributed by atoms with van der Waals surface area (Å²) in [6.45, 7) is 26.9. The van der Waals surface area contributed by atoms with Crippen LogP contribution in [0.4, 0.5) is 0 Å². The number of hydrogen-bond donors (Lipinski definition) is 2. The van der Waals surface area contributed by atoms with E-state index < -0.39 is 0 Å². The Kier molecular flexibility index (Phi) is 17.8. The van der Waals surface area contributed by atoms with Gasteiger partial charge in [-0.2, -0.15) is 0 Å². The van der Waals surface area contributed by atoms with Gasteiger partial charge in [-0.05, 0) is 137 Å². The molecule has 0 radical (unpaired) electrons. The number of rotatable bonds is 17. The quantitative estimate of drug-likeness (QED) is 0.152. The van der Waals surface area contributed by atoms with E-state index in [1.54, 1.807) is 0 Å². The first kappa shape index (κ1) is 40.4. The molecule has 47 heavy (non-hydrogen) atoms. The van der Waals surface area contributed by atoms with Gasteiger partial charge in [0.25, 0.3) is 0 Å². The summed E-state index contributed by atoms with van der Waals surface area (Å²) in [7, 11) is 0. The van der Waals surface area contributed by atoms with E-state index >= 15 is 0 Å². The van der Waals surface area contributed by atoms with Gasteiger partial charge in [0.15, 0.2) is 0 Å². The van der Waals surface area contributed by atoms with Crippen molar-refractivity contribution in [2.24, 2.45) is 35.5 Å². The smallest absolute Gasteiger partial charge is 0.0869 e. The van der Waals surface area contributed by atoms with Crippen LogP contribution in [-0.4, -0.2) is 59.5 Å². The second-order valence-electron chi connectivity index (χ2n) is 16.2. The van der Waals surface area contributed by atoms with Crippen LogP contribution in [0.2, 0.25) is 0 Å². The molecule has 2 bridgehead atoms. The van der Waals surface area contributed by atoms with Gasteiger partial charge in [-0.15, -0.1) is 13.2 Å². The molecule has 0 spiro atoms. The molecular weight excluding hydrogens is 584 g/mol. The van der Waals surface area contributed by atoms with Crippen LogP contribution in [-0.2, 0) is 14.2 Å². The van der Waals surface area contributed by atoms with Gasteiger partial charge in [0.1, 0.15) is 0 Å². The lowest BCUT2D eigenvalue weighted by molar-refractivity contribution is -0.146. The van der Waals surface area contributed by atoms with Crippen LogP contribution in [0.5, 0.6) is 0 Å². The van der Waals surface area contributed by atoms with Crippen molar-refractivity contribution in [1.29, 1.82) is 0 Å². The predicted molar refractivity (Wildman–Crippen MR) is 196 cm³/mol. The molecule has 1 saturated carbocycles. The summed E-state index contributed by atoms with van der Waals surface area (Å²) in [4.78, 5) is 0. The van der Waals surface area contributed by atoms with E-state index in [0.29, 0.717) is 47.7 Å². The fourth-order valence-electron chi connectivity index (χ4n) is 9.09. The Balaban J connectivity index is 0.00000294. The maximum Gasteiger partial charge on any atom is 0.0869 e. The summed E-state index contributed by atoms with van der Waals surface area (Å²) in [5, 5.41) is 21.6. The average Bonchev–Trinajstić information content (AvgIpc) is 3.66. The first-order chi connectivity index (χ1) is 22.5. The molecule has 3 heterocycles. The Morgan fingerprint density at radius 3 is 2.40 bits per heavy atom. The molecule has 0 amide bonds. The van der Waals surface area contributed by atoms with Gasteiger partial charge in [-0.25, -0.2) is 0 Å². The first-order valence-electron chi connectivity index (χ1n) is 19.7. The zero-order valence-corrected chi connectivity index (χ0v) is 31.2. The summed E-state index contributed by atoms with van der Waals surface area (Å²) in [5.74, 6) is 3.28. The molecule has 0 aromatic heterocycles. The molecule has 4 fully saturated rings. The van der Waals surface area contributed by atoms with E-state index in [1.165, 1.54) is 18.4 Å². The molecule has 11 unspecified atom stereocenters. The van der Waals surface area contributed by atoms with E-state index in [0.717, 1.165) is 108 Å². The minimum Gasteiger partial charge on any atom is -0.393 e. The molecule has 3 aliphatic heterocycles. The Bertz CT molecular complexity index is 917. The van der Waals surface area contributed by atoms with Crippen molar-refractivity contribution in [1.82, 2.24) is 0 Å². The molecule has 0 aromatic carbocycles. The molecule has 3 saturated heterocycles. The molecule has 12 atom stereocenters. The Morgan fingerprint density at radius 2 is 1.68 bits per heavy atom. The Morgan fingerprint density at radius 1 is 0.915 bits per heavy atom. The minimum absolute atomic E-state index is 0.160. The van der Waals surface area contributed by atoms with Crippen molar-refractivity contribution in [2.45, 2.75) is 187 Å². The van der Waals surface area contributed by atoms with Crippen LogP contribution in [0.15, 0.2) is 37.5 Å². The lowest BCUT2D eigenvalue weighted by Gasteiger charge is -2.38. The highest BCUT2D eigenvalue weighted by molar-refractivity contribution is 5.10. The predicted octanol–water partition coefficient (Wildman–Crippen LogP) is 10.00. The van der Waals surface area contributed by atoms with Crippen LogP contribution < -0.4 is 0 Å². The molecule has 272 valence electrons. The number of aliphatic hydroxyl groups excluding tert-OH is 2. The third kappa shape index (κ3) is 12.4. The summed E-state index contributed by atoms with van der Waals surface area (Å²) in [5.41, 5.74) is 2.42. The lowest BCUT2D eigenvalue weighted by atomic mass is 9.69. The number of aliphatic hydroxyl groups is 2.